The highest BCUT2D eigenvalue weighted by Crippen LogP contribution is 2.43. The molecule has 51 heavy (non-hydrogen) atoms. The van der Waals surface area contributed by atoms with Crippen LogP contribution in [0.25, 0.3) is 108 Å². The van der Waals surface area contributed by atoms with Crippen LogP contribution >= 0.6 is 11.3 Å². The molecule has 0 aliphatic heterocycles. The number of pyridine rings is 3. The zero-order chi connectivity index (χ0) is 33.5. The molecule has 0 fully saturated rings. The van der Waals surface area contributed by atoms with E-state index in [1.54, 1.807) is 0 Å². The maximum atomic E-state index is 5.24. The van der Waals surface area contributed by atoms with E-state index in [2.05, 4.69) is 151 Å². The first-order chi connectivity index (χ1) is 25.3. The highest BCUT2D eigenvalue weighted by molar-refractivity contribution is 7.26. The highest BCUT2D eigenvalue weighted by Gasteiger charge is 2.16. The summed E-state index contributed by atoms with van der Waals surface area (Å²) in [5.41, 5.74) is 9.74. The third-order valence-electron chi connectivity index (χ3n) is 10.3. The van der Waals surface area contributed by atoms with E-state index in [0.29, 0.717) is 0 Å². The van der Waals surface area contributed by atoms with Gasteiger partial charge in [-0.1, -0.05) is 115 Å². The molecule has 0 aliphatic carbocycles. The summed E-state index contributed by atoms with van der Waals surface area (Å²) < 4.78 is 2.64. The molecule has 0 aliphatic rings. The lowest BCUT2D eigenvalue weighted by Gasteiger charge is -2.12. The van der Waals surface area contributed by atoms with Crippen LogP contribution in [0, 0.1) is 0 Å². The molecule has 0 saturated heterocycles. The summed E-state index contributed by atoms with van der Waals surface area (Å²) in [4.78, 5) is 14.6. The zero-order valence-electron chi connectivity index (χ0n) is 27.3. The molecular weight excluding hydrogens is 639 g/mol. The van der Waals surface area contributed by atoms with Gasteiger partial charge in [-0.15, -0.1) is 11.3 Å². The summed E-state index contributed by atoms with van der Waals surface area (Å²) >= 11 is 1.88. The Kier molecular flexibility index (Phi) is 6.12. The number of hydrogen-bond acceptors (Lipinski definition) is 4. The molecule has 11 aromatic rings. The summed E-state index contributed by atoms with van der Waals surface area (Å²) in [6.45, 7) is 0. The average molecular weight is 666 g/mol. The zero-order valence-corrected chi connectivity index (χ0v) is 28.2. The summed E-state index contributed by atoms with van der Waals surface area (Å²) in [6.07, 6.45) is 3.73. The lowest BCUT2D eigenvalue weighted by Crippen LogP contribution is -1.90. The van der Waals surface area contributed by atoms with Gasteiger partial charge in [0.1, 0.15) is 0 Å². The van der Waals surface area contributed by atoms with Gasteiger partial charge in [0, 0.05) is 65.1 Å². The van der Waals surface area contributed by atoms with Crippen LogP contribution in [0.2, 0.25) is 0 Å². The van der Waals surface area contributed by atoms with Gasteiger partial charge in [0.05, 0.1) is 22.2 Å². The number of rotatable bonds is 3. The van der Waals surface area contributed by atoms with Crippen LogP contribution in [-0.4, -0.2) is 15.0 Å². The van der Waals surface area contributed by atoms with Crippen molar-refractivity contribution in [2.24, 2.45) is 0 Å². The molecule has 11 rings (SSSR count). The van der Waals surface area contributed by atoms with Crippen LogP contribution in [0.5, 0.6) is 0 Å². The molecule has 0 spiro atoms. The number of aromatic nitrogens is 3. The molecule has 7 aromatic carbocycles. The number of nitrogens with zero attached hydrogens (tertiary/aromatic N) is 3. The number of thiophene rings is 1. The van der Waals surface area contributed by atoms with E-state index < -0.39 is 0 Å². The van der Waals surface area contributed by atoms with Gasteiger partial charge in [-0.3, -0.25) is 9.97 Å². The molecular formula is C47H27N3S. The summed E-state index contributed by atoms with van der Waals surface area (Å²) in [7, 11) is 0. The number of benzene rings is 7. The molecule has 4 heterocycles. The molecule has 3 nitrogen and oxygen atoms in total. The third kappa shape index (κ3) is 4.40. The van der Waals surface area contributed by atoms with E-state index in [9.17, 15) is 0 Å². The molecule has 4 aromatic heterocycles. The second-order valence-electron chi connectivity index (χ2n) is 13.2. The van der Waals surface area contributed by atoms with E-state index in [0.717, 1.165) is 44.1 Å². The van der Waals surface area contributed by atoms with E-state index >= 15 is 0 Å². The van der Waals surface area contributed by atoms with Gasteiger partial charge in [-0.2, -0.15) is 0 Å². The minimum Gasteiger partial charge on any atom is -0.254 e. The fraction of sp³-hybridized carbons (Fsp3) is 0. The maximum Gasteiger partial charge on any atom is 0.0970 e. The van der Waals surface area contributed by atoms with Crippen molar-refractivity contribution in [3.05, 3.63) is 164 Å². The average Bonchev–Trinajstić information content (AvgIpc) is 3.59. The van der Waals surface area contributed by atoms with Crippen molar-refractivity contribution in [1.29, 1.82) is 0 Å². The van der Waals surface area contributed by atoms with Crippen LogP contribution in [-0.2, 0) is 0 Å². The number of para-hydroxylation sites is 1. The Morgan fingerprint density at radius 1 is 0.412 bits per heavy atom. The Hall–Kier alpha value is -6.49. The Morgan fingerprint density at radius 3 is 2.00 bits per heavy atom. The van der Waals surface area contributed by atoms with Crippen LogP contribution in [0.1, 0.15) is 0 Å². The Balaban J connectivity index is 0.982. The van der Waals surface area contributed by atoms with Crippen LogP contribution in [0.4, 0.5) is 0 Å². The van der Waals surface area contributed by atoms with Crippen molar-refractivity contribution in [3.63, 3.8) is 0 Å². The number of fused-ring (bicyclic) bond motifs is 11. The molecule has 0 bridgehead atoms. The summed E-state index contributed by atoms with van der Waals surface area (Å²) in [6, 6.07) is 54.7. The lowest BCUT2D eigenvalue weighted by molar-refractivity contribution is 1.37. The molecule has 0 N–H and O–H groups in total. The molecule has 0 atom stereocenters. The van der Waals surface area contributed by atoms with Crippen LogP contribution in [0.3, 0.4) is 0 Å². The van der Waals surface area contributed by atoms with Gasteiger partial charge in [0.2, 0.25) is 0 Å². The van der Waals surface area contributed by atoms with Gasteiger partial charge in [-0.25, -0.2) is 4.98 Å². The van der Waals surface area contributed by atoms with Crippen LogP contribution < -0.4 is 0 Å². The van der Waals surface area contributed by atoms with Crippen molar-refractivity contribution < 1.29 is 0 Å². The quantitative estimate of drug-likeness (QED) is 0.176. The lowest BCUT2D eigenvalue weighted by atomic mass is 9.94. The Morgan fingerprint density at radius 2 is 1.10 bits per heavy atom. The molecule has 4 heteroatoms. The standard InChI is InChI=1S/C47H27N3S/c1-3-9-41-39(8-1)43-40(22-21-38-36-7-2-4-10-42(36)51-47(38)43)44(50-41)30-13-11-28(12-14-30)31-15-16-33-27-34(18-17-32(33)26-31)35-23-25-49-46-37(35)20-19-29-6-5-24-48-45(29)46/h1-27H. The third-order valence-corrected chi connectivity index (χ3v) is 11.5. The fourth-order valence-electron chi connectivity index (χ4n) is 7.86. The molecule has 0 unspecified atom stereocenters. The normalized spacial score (nSPS) is 11.9. The van der Waals surface area contributed by atoms with E-state index in [-0.39, 0.29) is 0 Å². The Labute approximate surface area is 297 Å². The molecule has 0 saturated carbocycles. The van der Waals surface area contributed by atoms with Crippen molar-refractivity contribution in [1.82, 2.24) is 15.0 Å². The van der Waals surface area contributed by atoms with E-state index in [1.165, 1.54) is 63.8 Å². The smallest absolute Gasteiger partial charge is 0.0970 e. The monoisotopic (exact) mass is 665 g/mol. The van der Waals surface area contributed by atoms with Crippen molar-refractivity contribution in [2.45, 2.75) is 0 Å². The van der Waals surface area contributed by atoms with Crippen molar-refractivity contribution >= 4 is 85.8 Å². The second kappa shape index (κ2) is 11.0. The van der Waals surface area contributed by atoms with Gasteiger partial charge >= 0.3 is 0 Å². The SMILES string of the molecule is c1cnc2c(c1)ccc1c(-c3ccc4cc(-c5ccc(-c6nc7ccccc7c7c6ccc6c8ccccc8sc67)cc5)ccc4c3)ccnc12. The maximum absolute atomic E-state index is 5.24. The second-order valence-corrected chi connectivity index (χ2v) is 14.2. The summed E-state index contributed by atoms with van der Waals surface area (Å²) in [5, 5.41) is 10.9. The topological polar surface area (TPSA) is 38.7 Å². The van der Waals surface area contributed by atoms with Gasteiger partial charge < -0.3 is 0 Å². The highest BCUT2D eigenvalue weighted by atomic mass is 32.1. The fourth-order valence-corrected chi connectivity index (χ4v) is 9.12. The molecule has 0 radical (unpaired) electrons. The first-order valence-corrected chi connectivity index (χ1v) is 18.0. The van der Waals surface area contributed by atoms with Crippen molar-refractivity contribution in [3.8, 4) is 33.5 Å². The van der Waals surface area contributed by atoms with Gasteiger partial charge in [0.25, 0.3) is 0 Å². The van der Waals surface area contributed by atoms with Crippen molar-refractivity contribution in [2.75, 3.05) is 0 Å². The number of hydrogen-bond donors (Lipinski definition) is 0. The van der Waals surface area contributed by atoms with E-state index in [4.69, 9.17) is 9.97 Å². The largest absolute Gasteiger partial charge is 0.254 e. The Bertz CT molecular complexity index is 3200. The first-order valence-electron chi connectivity index (χ1n) is 17.2. The molecule has 0 amide bonds. The first kappa shape index (κ1) is 28.4. The predicted molar refractivity (Wildman–Crippen MR) is 217 cm³/mol. The van der Waals surface area contributed by atoms with Gasteiger partial charge in [0.15, 0.2) is 0 Å². The minimum absolute atomic E-state index is 0.935. The summed E-state index contributed by atoms with van der Waals surface area (Å²) in [5.74, 6) is 0. The van der Waals surface area contributed by atoms with Gasteiger partial charge in [-0.05, 0) is 69.4 Å². The van der Waals surface area contributed by atoms with Crippen LogP contribution in [0.15, 0.2) is 164 Å². The minimum atomic E-state index is 0.935. The van der Waals surface area contributed by atoms with E-state index in [1.807, 2.05) is 29.8 Å². The molecule has 236 valence electrons. The predicted octanol–water partition coefficient (Wildman–Crippen LogP) is 13.0.